The predicted octanol–water partition coefficient (Wildman–Crippen LogP) is 1.48. The van der Waals surface area contributed by atoms with E-state index in [1.54, 1.807) is 19.1 Å². The summed E-state index contributed by atoms with van der Waals surface area (Å²) < 4.78 is 32.3. The standard InChI is InChI=1S/C13H16BrNO5S/c1-8-3-4-9(14)5-12(8)21(18,19)15(2)11-7-20-6-10(11)13(16)17/h3-5,10-11H,6-7H2,1-2H3,(H,16,17). The van der Waals surface area contributed by atoms with Gasteiger partial charge in [-0.25, -0.2) is 8.42 Å². The van der Waals surface area contributed by atoms with E-state index in [9.17, 15) is 13.2 Å². The highest BCUT2D eigenvalue weighted by atomic mass is 79.9. The fourth-order valence-electron chi connectivity index (χ4n) is 2.32. The summed E-state index contributed by atoms with van der Waals surface area (Å²) in [5.74, 6) is -1.90. The number of rotatable bonds is 4. The monoisotopic (exact) mass is 377 g/mol. The summed E-state index contributed by atoms with van der Waals surface area (Å²) in [6, 6.07) is 4.27. The zero-order valence-electron chi connectivity index (χ0n) is 11.6. The molecule has 1 aromatic rings. The Balaban J connectivity index is 2.39. The van der Waals surface area contributed by atoms with E-state index < -0.39 is 28.0 Å². The Kier molecular flexibility index (Phi) is 4.72. The molecular formula is C13H16BrNO5S. The van der Waals surface area contributed by atoms with Crippen LogP contribution in [0.15, 0.2) is 27.6 Å². The highest BCUT2D eigenvalue weighted by Gasteiger charge is 2.41. The van der Waals surface area contributed by atoms with Crippen LogP contribution in [0, 0.1) is 12.8 Å². The van der Waals surface area contributed by atoms with Gasteiger partial charge in [0.2, 0.25) is 10.0 Å². The van der Waals surface area contributed by atoms with Crippen LogP contribution in [0.3, 0.4) is 0 Å². The average Bonchev–Trinajstić information content (AvgIpc) is 2.89. The van der Waals surface area contributed by atoms with Gasteiger partial charge in [0, 0.05) is 11.5 Å². The van der Waals surface area contributed by atoms with Crippen molar-refractivity contribution in [2.45, 2.75) is 17.9 Å². The number of likely N-dealkylation sites (N-methyl/N-ethyl adjacent to an activating group) is 1. The zero-order chi connectivity index (χ0) is 15.8. The van der Waals surface area contributed by atoms with E-state index in [-0.39, 0.29) is 18.1 Å². The van der Waals surface area contributed by atoms with Crippen LogP contribution >= 0.6 is 15.9 Å². The summed E-state index contributed by atoms with van der Waals surface area (Å²) in [6.07, 6.45) is 0. The fourth-order valence-corrected chi connectivity index (χ4v) is 4.46. The van der Waals surface area contributed by atoms with Crippen molar-refractivity contribution in [3.05, 3.63) is 28.2 Å². The van der Waals surface area contributed by atoms with E-state index >= 15 is 0 Å². The van der Waals surface area contributed by atoms with Crippen LogP contribution < -0.4 is 0 Å². The lowest BCUT2D eigenvalue weighted by atomic mass is 10.1. The van der Waals surface area contributed by atoms with E-state index in [4.69, 9.17) is 9.84 Å². The molecular weight excluding hydrogens is 362 g/mol. The first-order valence-corrected chi connectivity index (χ1v) is 8.53. The first kappa shape index (κ1) is 16.4. The maximum absolute atomic E-state index is 12.7. The van der Waals surface area contributed by atoms with Gasteiger partial charge in [0.05, 0.1) is 30.1 Å². The smallest absolute Gasteiger partial charge is 0.310 e. The molecule has 6 nitrogen and oxygen atoms in total. The predicted molar refractivity (Wildman–Crippen MR) is 79.6 cm³/mol. The lowest BCUT2D eigenvalue weighted by molar-refractivity contribution is -0.142. The molecule has 1 aliphatic heterocycles. The molecule has 0 aromatic heterocycles. The van der Waals surface area contributed by atoms with Crippen molar-refractivity contribution in [1.29, 1.82) is 0 Å². The van der Waals surface area contributed by atoms with E-state index in [2.05, 4.69) is 15.9 Å². The largest absolute Gasteiger partial charge is 0.481 e. The van der Waals surface area contributed by atoms with Gasteiger partial charge in [-0.2, -0.15) is 4.31 Å². The molecule has 116 valence electrons. The first-order chi connectivity index (χ1) is 9.75. The van der Waals surface area contributed by atoms with Crippen LogP contribution in [0.1, 0.15) is 5.56 Å². The Morgan fingerprint density at radius 2 is 2.10 bits per heavy atom. The van der Waals surface area contributed by atoms with Crippen LogP contribution in [-0.2, 0) is 19.6 Å². The van der Waals surface area contributed by atoms with Gasteiger partial charge in [-0.3, -0.25) is 4.79 Å². The minimum Gasteiger partial charge on any atom is -0.481 e. The quantitative estimate of drug-likeness (QED) is 0.858. The van der Waals surface area contributed by atoms with Crippen molar-refractivity contribution in [1.82, 2.24) is 4.31 Å². The van der Waals surface area contributed by atoms with Gasteiger partial charge < -0.3 is 9.84 Å². The van der Waals surface area contributed by atoms with Crippen LogP contribution in [0.4, 0.5) is 0 Å². The van der Waals surface area contributed by atoms with Gasteiger partial charge in [0.25, 0.3) is 0 Å². The Bertz CT molecular complexity index is 661. The summed E-state index contributed by atoms with van der Waals surface area (Å²) >= 11 is 3.25. The Hall–Kier alpha value is -0.960. The molecule has 2 unspecified atom stereocenters. The molecule has 1 aromatic carbocycles. The minimum atomic E-state index is -3.78. The summed E-state index contributed by atoms with van der Waals surface area (Å²) in [5.41, 5.74) is 0.607. The summed E-state index contributed by atoms with van der Waals surface area (Å²) in [7, 11) is -2.39. The number of aryl methyl sites for hydroxylation is 1. The van der Waals surface area contributed by atoms with Crippen LogP contribution in [0.25, 0.3) is 0 Å². The number of aliphatic carboxylic acids is 1. The summed E-state index contributed by atoms with van der Waals surface area (Å²) in [6.45, 7) is 1.81. The molecule has 0 bridgehead atoms. The third kappa shape index (κ3) is 3.13. The normalized spacial score (nSPS) is 22.7. The number of benzene rings is 1. The second-order valence-electron chi connectivity index (χ2n) is 4.98. The van der Waals surface area contributed by atoms with Crippen molar-refractivity contribution in [3.63, 3.8) is 0 Å². The number of hydrogen-bond donors (Lipinski definition) is 1. The van der Waals surface area contributed by atoms with Crippen molar-refractivity contribution >= 4 is 31.9 Å². The maximum atomic E-state index is 12.7. The van der Waals surface area contributed by atoms with E-state index in [0.717, 1.165) is 4.31 Å². The minimum absolute atomic E-state index is 0.0251. The second kappa shape index (κ2) is 6.04. The third-order valence-corrected chi connectivity index (χ3v) is 6.16. The van der Waals surface area contributed by atoms with E-state index in [0.29, 0.717) is 10.0 Å². The molecule has 1 saturated heterocycles. The maximum Gasteiger partial charge on any atom is 0.310 e. The number of carboxylic acid groups (broad SMARTS) is 1. The summed E-state index contributed by atoms with van der Waals surface area (Å²) in [4.78, 5) is 11.4. The highest BCUT2D eigenvalue weighted by Crippen LogP contribution is 2.28. The summed E-state index contributed by atoms with van der Waals surface area (Å²) in [5, 5.41) is 9.16. The second-order valence-corrected chi connectivity index (χ2v) is 7.86. The highest BCUT2D eigenvalue weighted by molar-refractivity contribution is 9.10. The van der Waals surface area contributed by atoms with Crippen LogP contribution in [0.2, 0.25) is 0 Å². The number of hydrogen-bond acceptors (Lipinski definition) is 4. The van der Waals surface area contributed by atoms with Gasteiger partial charge in [-0.1, -0.05) is 22.0 Å². The number of sulfonamides is 1. The fraction of sp³-hybridized carbons (Fsp3) is 0.462. The van der Waals surface area contributed by atoms with Gasteiger partial charge in [0.15, 0.2) is 0 Å². The molecule has 2 rings (SSSR count). The average molecular weight is 378 g/mol. The SMILES string of the molecule is Cc1ccc(Br)cc1S(=O)(=O)N(C)C1COCC1C(=O)O. The third-order valence-electron chi connectivity index (χ3n) is 3.64. The van der Waals surface area contributed by atoms with Gasteiger partial charge in [0.1, 0.15) is 0 Å². The van der Waals surface area contributed by atoms with E-state index in [1.165, 1.54) is 13.1 Å². The van der Waals surface area contributed by atoms with Crippen LogP contribution in [-0.4, -0.2) is 50.1 Å². The molecule has 0 saturated carbocycles. The molecule has 0 aliphatic carbocycles. The number of nitrogens with zero attached hydrogens (tertiary/aromatic N) is 1. The lowest BCUT2D eigenvalue weighted by Gasteiger charge is -2.26. The molecule has 1 fully saturated rings. The first-order valence-electron chi connectivity index (χ1n) is 6.30. The molecule has 0 radical (unpaired) electrons. The number of ether oxygens (including phenoxy) is 1. The molecule has 1 aliphatic rings. The molecule has 1 N–H and O–H groups in total. The Morgan fingerprint density at radius 3 is 2.71 bits per heavy atom. The van der Waals surface area contributed by atoms with Crippen LogP contribution in [0.5, 0.6) is 0 Å². The Labute approximate surface area is 131 Å². The zero-order valence-corrected chi connectivity index (χ0v) is 14.0. The lowest BCUT2D eigenvalue weighted by Crippen LogP contribution is -2.44. The number of carbonyl (C=O) groups is 1. The Morgan fingerprint density at radius 1 is 1.43 bits per heavy atom. The molecule has 2 atom stereocenters. The number of halogens is 1. The van der Waals surface area contributed by atoms with Crippen molar-refractivity contribution in [2.24, 2.45) is 5.92 Å². The molecule has 21 heavy (non-hydrogen) atoms. The molecule has 1 heterocycles. The van der Waals surface area contributed by atoms with Crippen molar-refractivity contribution in [2.75, 3.05) is 20.3 Å². The molecule has 8 heteroatoms. The van der Waals surface area contributed by atoms with Gasteiger partial charge >= 0.3 is 5.97 Å². The van der Waals surface area contributed by atoms with E-state index in [1.807, 2.05) is 0 Å². The molecule has 0 amide bonds. The number of carboxylic acids is 1. The van der Waals surface area contributed by atoms with Gasteiger partial charge in [-0.05, 0) is 24.6 Å². The van der Waals surface area contributed by atoms with Gasteiger partial charge in [-0.15, -0.1) is 0 Å². The topological polar surface area (TPSA) is 83.9 Å². The van der Waals surface area contributed by atoms with Crippen molar-refractivity contribution in [3.8, 4) is 0 Å². The molecule has 0 spiro atoms. The van der Waals surface area contributed by atoms with Crippen molar-refractivity contribution < 1.29 is 23.1 Å².